The van der Waals surface area contributed by atoms with Crippen LogP contribution in [0.15, 0.2) is 24.3 Å². The molecule has 1 aliphatic carbocycles. The lowest BCUT2D eigenvalue weighted by Gasteiger charge is -2.16. The van der Waals surface area contributed by atoms with Crippen molar-refractivity contribution >= 4 is 11.5 Å². The molecule has 0 amide bonds. The summed E-state index contributed by atoms with van der Waals surface area (Å²) in [6, 6.07) is 7.90. The molecule has 0 aromatic heterocycles. The third-order valence-corrected chi connectivity index (χ3v) is 3.20. The Morgan fingerprint density at radius 1 is 1.24 bits per heavy atom. The molecule has 1 aromatic carbocycles. The molecule has 0 radical (unpaired) electrons. The van der Waals surface area contributed by atoms with Gasteiger partial charge in [-0.1, -0.05) is 31.0 Å². The highest BCUT2D eigenvalue weighted by Gasteiger charge is 2.21. The average molecular weight is 233 g/mol. The number of Topliss-reactive ketones (excluding diaryl/α,β-unsaturated/α-hetero) is 1. The zero-order valence-electron chi connectivity index (χ0n) is 10.2. The number of hydrogen-bond donors (Lipinski definition) is 1. The van der Waals surface area contributed by atoms with Crippen molar-refractivity contribution in [3.05, 3.63) is 29.8 Å². The van der Waals surface area contributed by atoms with E-state index in [9.17, 15) is 4.79 Å². The number of para-hydroxylation sites is 1. The van der Waals surface area contributed by atoms with Crippen LogP contribution in [0, 0.1) is 6.92 Å². The molecule has 1 unspecified atom stereocenters. The monoisotopic (exact) mass is 233 g/mol. The molecular weight excluding hydrogens is 214 g/mol. The molecule has 0 bridgehead atoms. The summed E-state index contributed by atoms with van der Waals surface area (Å²) >= 11 is 0. The fraction of sp³-hybridized carbons (Fsp3) is 0.500. The summed E-state index contributed by atoms with van der Waals surface area (Å²) in [5, 5.41) is 0. The van der Waals surface area contributed by atoms with E-state index in [1.54, 1.807) is 0 Å². The number of carbonyl (C=O) groups excluding carboxylic acids is 1. The van der Waals surface area contributed by atoms with Crippen molar-refractivity contribution in [3.63, 3.8) is 0 Å². The largest absolute Gasteiger partial charge is 0.297 e. The van der Waals surface area contributed by atoms with Crippen molar-refractivity contribution < 1.29 is 9.63 Å². The van der Waals surface area contributed by atoms with Gasteiger partial charge in [-0.15, -0.1) is 0 Å². The molecule has 2 rings (SSSR count). The van der Waals surface area contributed by atoms with E-state index in [4.69, 9.17) is 4.84 Å². The van der Waals surface area contributed by atoms with Crippen LogP contribution in [-0.4, -0.2) is 11.9 Å². The van der Waals surface area contributed by atoms with Gasteiger partial charge in [-0.25, -0.2) is 0 Å². The van der Waals surface area contributed by atoms with E-state index < -0.39 is 0 Å². The van der Waals surface area contributed by atoms with Gasteiger partial charge in [0, 0.05) is 6.42 Å². The number of aryl methyl sites for hydroxylation is 1. The maximum atomic E-state index is 11.8. The zero-order valence-corrected chi connectivity index (χ0v) is 10.2. The number of carbonyl (C=O) groups is 1. The summed E-state index contributed by atoms with van der Waals surface area (Å²) in [7, 11) is 0. The van der Waals surface area contributed by atoms with Gasteiger partial charge in [0.25, 0.3) is 0 Å². The Bertz CT molecular complexity index is 390. The van der Waals surface area contributed by atoms with Crippen LogP contribution in [-0.2, 0) is 9.63 Å². The smallest absolute Gasteiger partial charge is 0.164 e. The minimum atomic E-state index is -0.280. The molecule has 1 N–H and O–H groups in total. The van der Waals surface area contributed by atoms with Crippen LogP contribution in [0.1, 0.15) is 37.7 Å². The summed E-state index contributed by atoms with van der Waals surface area (Å²) in [5.41, 5.74) is 4.97. The number of anilines is 1. The summed E-state index contributed by atoms with van der Waals surface area (Å²) < 4.78 is 0. The van der Waals surface area contributed by atoms with Crippen LogP contribution in [0.3, 0.4) is 0 Å². The lowest BCUT2D eigenvalue weighted by atomic mass is 10.1. The molecule has 0 saturated heterocycles. The second-order valence-corrected chi connectivity index (χ2v) is 4.59. The minimum Gasteiger partial charge on any atom is -0.297 e. The van der Waals surface area contributed by atoms with Crippen molar-refractivity contribution in [2.24, 2.45) is 0 Å². The number of ketones is 1. The summed E-state index contributed by atoms with van der Waals surface area (Å²) in [4.78, 5) is 17.3. The van der Waals surface area contributed by atoms with Gasteiger partial charge in [0.2, 0.25) is 0 Å². The molecule has 1 saturated carbocycles. The molecular formula is C14H19NO2. The maximum Gasteiger partial charge on any atom is 0.164 e. The molecule has 0 aliphatic heterocycles. The van der Waals surface area contributed by atoms with E-state index in [1.807, 2.05) is 31.2 Å². The topological polar surface area (TPSA) is 38.3 Å². The minimum absolute atomic E-state index is 0.226. The predicted molar refractivity (Wildman–Crippen MR) is 67.8 cm³/mol. The fourth-order valence-electron chi connectivity index (χ4n) is 2.07. The third kappa shape index (κ3) is 3.30. The molecule has 92 valence electrons. The number of hydrogen-bond acceptors (Lipinski definition) is 3. The van der Waals surface area contributed by atoms with Crippen LogP contribution in [0.4, 0.5) is 5.69 Å². The Kier molecular flexibility index (Phi) is 4.15. The van der Waals surface area contributed by atoms with E-state index in [0.717, 1.165) is 36.9 Å². The van der Waals surface area contributed by atoms with Crippen LogP contribution in [0.2, 0.25) is 0 Å². The Hall–Kier alpha value is -1.35. The number of rotatable bonds is 3. The number of nitrogens with one attached hydrogen (secondary N) is 1. The Morgan fingerprint density at radius 2 is 2.06 bits per heavy atom. The van der Waals surface area contributed by atoms with Crippen LogP contribution in [0.5, 0.6) is 0 Å². The molecule has 1 aromatic rings. The standard InChI is InChI=1S/C14H19NO2/c1-11-7-5-6-8-12(11)15-17-14-10-4-2-3-9-13(14)16/h5-8,14-15H,2-4,9-10H2,1H3. The number of benzene rings is 1. The van der Waals surface area contributed by atoms with Crippen LogP contribution >= 0.6 is 0 Å². The first-order valence-corrected chi connectivity index (χ1v) is 6.27. The maximum absolute atomic E-state index is 11.8. The molecule has 17 heavy (non-hydrogen) atoms. The highest BCUT2D eigenvalue weighted by molar-refractivity contribution is 5.83. The van der Waals surface area contributed by atoms with E-state index in [0.29, 0.717) is 6.42 Å². The summed E-state index contributed by atoms with van der Waals surface area (Å²) in [6.07, 6.45) is 4.42. The first-order chi connectivity index (χ1) is 8.27. The fourth-order valence-corrected chi connectivity index (χ4v) is 2.07. The predicted octanol–water partition coefficient (Wildman–Crippen LogP) is 3.24. The van der Waals surface area contributed by atoms with Crippen molar-refractivity contribution in [1.29, 1.82) is 0 Å². The van der Waals surface area contributed by atoms with Crippen LogP contribution < -0.4 is 5.48 Å². The van der Waals surface area contributed by atoms with Gasteiger partial charge in [-0.3, -0.25) is 15.1 Å². The zero-order chi connectivity index (χ0) is 12.1. The molecule has 1 fully saturated rings. The Labute approximate surface area is 102 Å². The normalized spacial score (nSPS) is 21.0. The quantitative estimate of drug-likeness (QED) is 0.643. The van der Waals surface area contributed by atoms with Gasteiger partial charge < -0.3 is 0 Å². The van der Waals surface area contributed by atoms with Gasteiger partial charge in [0.15, 0.2) is 5.78 Å². The van der Waals surface area contributed by atoms with E-state index in [-0.39, 0.29) is 11.9 Å². The van der Waals surface area contributed by atoms with E-state index in [2.05, 4.69) is 5.48 Å². The lowest BCUT2D eigenvalue weighted by Crippen LogP contribution is -2.25. The van der Waals surface area contributed by atoms with Gasteiger partial charge >= 0.3 is 0 Å². The molecule has 0 heterocycles. The third-order valence-electron chi connectivity index (χ3n) is 3.20. The molecule has 3 nitrogen and oxygen atoms in total. The van der Waals surface area contributed by atoms with Gasteiger partial charge in [-0.2, -0.15) is 0 Å². The van der Waals surface area contributed by atoms with Crippen LogP contribution in [0.25, 0.3) is 0 Å². The molecule has 3 heteroatoms. The Morgan fingerprint density at radius 3 is 2.88 bits per heavy atom. The summed E-state index contributed by atoms with van der Waals surface area (Å²) in [6.45, 7) is 2.01. The Balaban J connectivity index is 1.93. The highest BCUT2D eigenvalue weighted by atomic mass is 16.7. The summed E-state index contributed by atoms with van der Waals surface area (Å²) in [5.74, 6) is 0.226. The van der Waals surface area contributed by atoms with Crippen molar-refractivity contribution in [3.8, 4) is 0 Å². The van der Waals surface area contributed by atoms with Crippen molar-refractivity contribution in [2.45, 2.75) is 45.1 Å². The van der Waals surface area contributed by atoms with Crippen molar-refractivity contribution in [1.82, 2.24) is 0 Å². The van der Waals surface area contributed by atoms with Crippen molar-refractivity contribution in [2.75, 3.05) is 5.48 Å². The molecule has 0 spiro atoms. The molecule has 1 aliphatic rings. The van der Waals surface area contributed by atoms with Gasteiger partial charge in [0.1, 0.15) is 6.10 Å². The molecule has 1 atom stereocenters. The second-order valence-electron chi connectivity index (χ2n) is 4.59. The second kappa shape index (κ2) is 5.82. The average Bonchev–Trinajstić information content (AvgIpc) is 2.53. The lowest BCUT2D eigenvalue weighted by molar-refractivity contribution is -0.128. The SMILES string of the molecule is Cc1ccccc1NOC1CCCCCC1=O. The van der Waals surface area contributed by atoms with Gasteiger partial charge in [0.05, 0.1) is 5.69 Å². The van der Waals surface area contributed by atoms with Gasteiger partial charge in [-0.05, 0) is 31.4 Å². The first-order valence-electron chi connectivity index (χ1n) is 6.27. The van der Waals surface area contributed by atoms with E-state index in [1.165, 1.54) is 0 Å². The van der Waals surface area contributed by atoms with E-state index >= 15 is 0 Å². The first kappa shape index (κ1) is 12.1. The highest BCUT2D eigenvalue weighted by Crippen LogP contribution is 2.19.